The summed E-state index contributed by atoms with van der Waals surface area (Å²) in [7, 11) is 2.08. The lowest BCUT2D eigenvalue weighted by Gasteiger charge is -2.20. The minimum absolute atomic E-state index is 0.0274. The zero-order chi connectivity index (χ0) is 27.0. The molecule has 0 bridgehead atoms. The molecule has 1 heterocycles. The topological polar surface area (TPSA) is 109 Å². The molecule has 0 aromatic heterocycles. The summed E-state index contributed by atoms with van der Waals surface area (Å²) in [6, 6.07) is 18.0. The van der Waals surface area contributed by atoms with Crippen LogP contribution in [0.4, 0.5) is 17.1 Å². The summed E-state index contributed by atoms with van der Waals surface area (Å²) in [4.78, 5) is 2.21. The molecule has 0 spiro atoms. The van der Waals surface area contributed by atoms with Crippen molar-refractivity contribution >= 4 is 29.4 Å². The summed E-state index contributed by atoms with van der Waals surface area (Å²) in [5, 5.41) is 35.4. The molecule has 0 amide bonds. The smallest absolute Gasteiger partial charge is 0.158 e. The monoisotopic (exact) mass is 492 g/mol. The van der Waals surface area contributed by atoms with E-state index in [2.05, 4.69) is 54.2 Å². The first-order valence-electron chi connectivity index (χ1n) is 12.3. The first-order chi connectivity index (χ1) is 17.8. The number of nitrogens with one attached hydrogen (secondary N) is 1. The summed E-state index contributed by atoms with van der Waals surface area (Å²) < 4.78 is 5.91. The van der Waals surface area contributed by atoms with E-state index in [0.29, 0.717) is 5.57 Å². The Labute approximate surface area is 219 Å². The maximum atomic E-state index is 9.77. The SMILES string of the molecule is CCCN(C)c1ccc(N=Nc2ccc(/C=C/C3=C(C#N)C(=C(\C#N)C=N)/OC3(C)C)c(CC)c2)cc1. The number of azo groups is 1. The van der Waals surface area contributed by atoms with Gasteiger partial charge in [-0.15, -0.1) is 0 Å². The minimum Gasteiger partial charge on any atom is -0.480 e. The standard InChI is InChI=1S/C30H32N6O/c1-6-16-36(5)26-13-11-24(12-14-26)34-35-25-10-8-22(21(7-2)17-25)9-15-28-27(20-33)29(23(18-31)19-32)37-30(28,3)4/h8-15,17-18,31H,6-7,16H2,1-5H3/b15-9+,29-23+,31-18?,35-34?. The summed E-state index contributed by atoms with van der Waals surface area (Å²) >= 11 is 0. The maximum Gasteiger partial charge on any atom is 0.158 e. The molecular formula is C30H32N6O. The van der Waals surface area contributed by atoms with Gasteiger partial charge in [0, 0.05) is 31.1 Å². The number of aryl methyl sites for hydroxylation is 1. The van der Waals surface area contributed by atoms with E-state index < -0.39 is 5.60 Å². The van der Waals surface area contributed by atoms with Gasteiger partial charge in [-0.1, -0.05) is 32.1 Å². The summed E-state index contributed by atoms with van der Waals surface area (Å²) in [6.45, 7) is 8.92. The lowest BCUT2D eigenvalue weighted by molar-refractivity contribution is 0.0957. The fraction of sp³-hybridized carbons (Fsp3) is 0.300. The van der Waals surface area contributed by atoms with Crippen molar-refractivity contribution < 1.29 is 4.74 Å². The second kappa shape index (κ2) is 12.0. The molecule has 0 saturated heterocycles. The molecule has 0 saturated carbocycles. The number of benzene rings is 2. The maximum absolute atomic E-state index is 9.77. The van der Waals surface area contributed by atoms with Crippen molar-refractivity contribution in [3.63, 3.8) is 0 Å². The highest BCUT2D eigenvalue weighted by atomic mass is 16.5. The first kappa shape index (κ1) is 27.1. The molecule has 2 aromatic carbocycles. The Morgan fingerprint density at radius 2 is 1.73 bits per heavy atom. The van der Waals surface area contributed by atoms with Crippen LogP contribution >= 0.6 is 0 Å². The molecule has 3 rings (SSSR count). The average molecular weight is 493 g/mol. The molecule has 188 valence electrons. The number of rotatable bonds is 9. The van der Waals surface area contributed by atoms with Crippen molar-refractivity contribution in [2.24, 2.45) is 10.2 Å². The molecule has 37 heavy (non-hydrogen) atoms. The second-order valence-corrected chi connectivity index (χ2v) is 9.22. The van der Waals surface area contributed by atoms with Crippen LogP contribution in [0.1, 0.15) is 45.2 Å². The first-order valence-corrected chi connectivity index (χ1v) is 12.3. The van der Waals surface area contributed by atoms with Crippen LogP contribution in [0.15, 0.2) is 81.2 Å². The van der Waals surface area contributed by atoms with E-state index in [4.69, 9.17) is 10.1 Å². The van der Waals surface area contributed by atoms with E-state index in [1.807, 2.05) is 62.4 Å². The van der Waals surface area contributed by atoms with Crippen molar-refractivity contribution in [3.8, 4) is 12.1 Å². The molecule has 0 radical (unpaired) electrons. The van der Waals surface area contributed by atoms with Crippen LogP contribution < -0.4 is 4.90 Å². The third-order valence-corrected chi connectivity index (χ3v) is 6.19. The van der Waals surface area contributed by atoms with Gasteiger partial charge in [0.2, 0.25) is 0 Å². The van der Waals surface area contributed by atoms with Crippen LogP contribution in [-0.4, -0.2) is 25.4 Å². The van der Waals surface area contributed by atoms with Gasteiger partial charge in [-0.05, 0) is 74.2 Å². The Morgan fingerprint density at radius 3 is 2.32 bits per heavy atom. The van der Waals surface area contributed by atoms with Gasteiger partial charge >= 0.3 is 0 Å². The van der Waals surface area contributed by atoms with Crippen LogP contribution in [0, 0.1) is 28.1 Å². The van der Waals surface area contributed by atoms with Crippen molar-refractivity contribution in [2.45, 2.75) is 46.1 Å². The summed E-state index contributed by atoms with van der Waals surface area (Å²) in [6.07, 6.45) is 6.61. The number of hydrogen-bond acceptors (Lipinski definition) is 7. The Morgan fingerprint density at radius 1 is 1.05 bits per heavy atom. The minimum atomic E-state index is -0.802. The molecule has 0 fully saturated rings. The quantitative estimate of drug-likeness (QED) is 0.221. The van der Waals surface area contributed by atoms with Gasteiger partial charge < -0.3 is 15.0 Å². The lowest BCUT2D eigenvalue weighted by Crippen LogP contribution is -2.20. The zero-order valence-corrected chi connectivity index (χ0v) is 22.0. The summed E-state index contributed by atoms with van der Waals surface area (Å²) in [5.74, 6) is 0.154. The van der Waals surface area contributed by atoms with Crippen molar-refractivity contribution in [3.05, 3.63) is 82.1 Å². The molecule has 0 aliphatic carbocycles. The molecular weight excluding hydrogens is 460 g/mol. The molecule has 2 aromatic rings. The van der Waals surface area contributed by atoms with Crippen molar-refractivity contribution in [1.29, 1.82) is 15.9 Å². The van der Waals surface area contributed by atoms with Gasteiger partial charge in [0.05, 0.1) is 11.4 Å². The van der Waals surface area contributed by atoms with Crippen LogP contribution in [-0.2, 0) is 11.2 Å². The largest absolute Gasteiger partial charge is 0.480 e. The van der Waals surface area contributed by atoms with E-state index in [0.717, 1.165) is 53.8 Å². The molecule has 7 heteroatoms. The highest BCUT2D eigenvalue weighted by molar-refractivity contribution is 5.84. The van der Waals surface area contributed by atoms with Crippen molar-refractivity contribution in [1.82, 2.24) is 0 Å². The highest BCUT2D eigenvalue weighted by Gasteiger charge is 2.38. The van der Waals surface area contributed by atoms with Crippen molar-refractivity contribution in [2.75, 3.05) is 18.5 Å². The van der Waals surface area contributed by atoms with Gasteiger partial charge in [-0.3, -0.25) is 0 Å². The van der Waals surface area contributed by atoms with Crippen LogP contribution in [0.25, 0.3) is 6.08 Å². The normalized spacial score (nSPS) is 16.0. The number of nitrogens with zero attached hydrogens (tertiary/aromatic N) is 5. The number of allylic oxidation sites excluding steroid dienone is 2. The predicted octanol–water partition coefficient (Wildman–Crippen LogP) is 7.58. The average Bonchev–Trinajstić information content (AvgIpc) is 3.16. The van der Waals surface area contributed by atoms with Gasteiger partial charge in [-0.25, -0.2) is 0 Å². The van der Waals surface area contributed by atoms with E-state index in [-0.39, 0.29) is 16.9 Å². The molecule has 0 atom stereocenters. The fourth-order valence-electron chi connectivity index (χ4n) is 4.17. The van der Waals surface area contributed by atoms with E-state index in [1.165, 1.54) is 0 Å². The Bertz CT molecular complexity index is 1360. The van der Waals surface area contributed by atoms with Gasteiger partial charge in [0.25, 0.3) is 0 Å². The van der Waals surface area contributed by atoms with Gasteiger partial charge in [0.1, 0.15) is 28.9 Å². The molecule has 1 aliphatic heterocycles. The lowest BCUT2D eigenvalue weighted by atomic mass is 9.93. The van der Waals surface area contributed by atoms with Gasteiger partial charge in [-0.2, -0.15) is 20.8 Å². The Hall–Kier alpha value is -4.49. The molecule has 1 aliphatic rings. The zero-order valence-electron chi connectivity index (χ0n) is 22.0. The number of ether oxygens (including phenoxy) is 1. The number of hydrogen-bond donors (Lipinski definition) is 1. The third kappa shape index (κ3) is 6.20. The molecule has 1 N–H and O–H groups in total. The number of nitriles is 2. The molecule has 7 nitrogen and oxygen atoms in total. The van der Waals surface area contributed by atoms with E-state index in [1.54, 1.807) is 0 Å². The van der Waals surface area contributed by atoms with Crippen LogP contribution in [0.3, 0.4) is 0 Å². The summed E-state index contributed by atoms with van der Waals surface area (Å²) in [5.41, 5.74) is 4.96. The Kier molecular flexibility index (Phi) is 8.77. The predicted molar refractivity (Wildman–Crippen MR) is 148 cm³/mol. The second-order valence-electron chi connectivity index (χ2n) is 9.22. The molecule has 0 unspecified atom stereocenters. The van der Waals surface area contributed by atoms with E-state index in [9.17, 15) is 10.5 Å². The fourth-order valence-corrected chi connectivity index (χ4v) is 4.17. The van der Waals surface area contributed by atoms with E-state index >= 15 is 0 Å². The highest BCUT2D eigenvalue weighted by Crippen LogP contribution is 2.40. The van der Waals surface area contributed by atoms with Crippen LogP contribution in [0.5, 0.6) is 0 Å². The number of anilines is 1. The van der Waals surface area contributed by atoms with Crippen LogP contribution in [0.2, 0.25) is 0 Å². The third-order valence-electron chi connectivity index (χ3n) is 6.19. The Balaban J connectivity index is 1.86. The van der Waals surface area contributed by atoms with Gasteiger partial charge in [0.15, 0.2) is 5.76 Å².